The third-order valence-corrected chi connectivity index (χ3v) is 2.99. The highest BCUT2D eigenvalue weighted by atomic mass is 16.2. The van der Waals surface area contributed by atoms with Gasteiger partial charge in [-0.3, -0.25) is 9.59 Å². The molecule has 1 aliphatic heterocycles. The predicted octanol–water partition coefficient (Wildman–Crippen LogP) is -0.578. The number of aldehydes is 1. The van der Waals surface area contributed by atoms with Crippen LogP contribution in [0.1, 0.15) is 32.1 Å². The van der Waals surface area contributed by atoms with E-state index in [1.165, 1.54) is 0 Å². The molecule has 0 radical (unpaired) electrons. The summed E-state index contributed by atoms with van der Waals surface area (Å²) in [5.74, 6) is -0.264. The van der Waals surface area contributed by atoms with Crippen LogP contribution in [0.3, 0.4) is 0 Å². The van der Waals surface area contributed by atoms with Gasteiger partial charge in [0.2, 0.25) is 11.8 Å². The van der Waals surface area contributed by atoms with Crippen molar-refractivity contribution in [3.05, 3.63) is 0 Å². The molecule has 1 saturated heterocycles. The fourth-order valence-corrected chi connectivity index (χ4v) is 1.97. The second kappa shape index (κ2) is 7.81. The summed E-state index contributed by atoms with van der Waals surface area (Å²) in [7, 11) is 0. The van der Waals surface area contributed by atoms with E-state index in [1.807, 2.05) is 0 Å². The van der Waals surface area contributed by atoms with E-state index in [0.717, 1.165) is 12.8 Å². The van der Waals surface area contributed by atoms with Gasteiger partial charge < -0.3 is 20.7 Å². The molecule has 1 fully saturated rings. The van der Waals surface area contributed by atoms with E-state index >= 15 is 0 Å². The Morgan fingerprint density at radius 1 is 1.50 bits per heavy atom. The van der Waals surface area contributed by atoms with Crippen molar-refractivity contribution in [3.8, 4) is 0 Å². The topological polar surface area (TPSA) is 92.5 Å². The molecule has 0 saturated carbocycles. The molecule has 0 aromatic carbocycles. The van der Waals surface area contributed by atoms with Crippen molar-refractivity contribution in [2.45, 2.75) is 38.1 Å². The predicted molar refractivity (Wildman–Crippen MR) is 66.7 cm³/mol. The first kappa shape index (κ1) is 14.6. The first-order chi connectivity index (χ1) is 8.67. The van der Waals surface area contributed by atoms with E-state index in [-0.39, 0.29) is 18.4 Å². The van der Waals surface area contributed by atoms with Crippen LogP contribution in [0.4, 0.5) is 0 Å². The standard InChI is InChI=1S/C12H21N3O3/c13-6-3-4-10(9-16)14-11(17)8-15-7-2-1-5-12(15)18/h9-10H,1-8,13H2,(H,14,17). The number of amides is 2. The van der Waals surface area contributed by atoms with Crippen LogP contribution < -0.4 is 11.1 Å². The maximum atomic E-state index is 11.7. The average molecular weight is 255 g/mol. The van der Waals surface area contributed by atoms with Gasteiger partial charge in [0.25, 0.3) is 0 Å². The second-order valence-corrected chi connectivity index (χ2v) is 4.51. The molecule has 0 aliphatic carbocycles. The van der Waals surface area contributed by atoms with E-state index in [1.54, 1.807) is 4.90 Å². The van der Waals surface area contributed by atoms with Crippen LogP contribution in [0.5, 0.6) is 0 Å². The lowest BCUT2D eigenvalue weighted by Crippen LogP contribution is -2.46. The third-order valence-electron chi connectivity index (χ3n) is 2.99. The molecule has 1 atom stereocenters. The maximum absolute atomic E-state index is 11.7. The first-order valence-electron chi connectivity index (χ1n) is 6.40. The van der Waals surface area contributed by atoms with Crippen molar-refractivity contribution in [2.24, 2.45) is 5.73 Å². The molecule has 1 heterocycles. The smallest absolute Gasteiger partial charge is 0.240 e. The Kier molecular flexibility index (Phi) is 6.35. The van der Waals surface area contributed by atoms with Crippen LogP contribution in [0.2, 0.25) is 0 Å². The summed E-state index contributed by atoms with van der Waals surface area (Å²) in [6.45, 7) is 1.16. The van der Waals surface area contributed by atoms with E-state index in [2.05, 4.69) is 5.32 Å². The number of hydrogen-bond donors (Lipinski definition) is 2. The van der Waals surface area contributed by atoms with Crippen LogP contribution in [-0.4, -0.2) is 48.7 Å². The van der Waals surface area contributed by atoms with E-state index < -0.39 is 6.04 Å². The molecule has 18 heavy (non-hydrogen) atoms. The highest BCUT2D eigenvalue weighted by Crippen LogP contribution is 2.09. The van der Waals surface area contributed by atoms with Crippen molar-refractivity contribution < 1.29 is 14.4 Å². The van der Waals surface area contributed by atoms with E-state index in [0.29, 0.717) is 38.6 Å². The molecule has 0 bridgehead atoms. The molecule has 1 rings (SSSR count). The number of hydrogen-bond acceptors (Lipinski definition) is 4. The highest BCUT2D eigenvalue weighted by molar-refractivity contribution is 5.86. The molecule has 2 amide bonds. The zero-order valence-electron chi connectivity index (χ0n) is 10.6. The zero-order valence-corrected chi connectivity index (χ0v) is 10.6. The minimum absolute atomic E-state index is 0.0148. The number of carbonyl (C=O) groups is 3. The molecule has 1 unspecified atom stereocenters. The van der Waals surface area contributed by atoms with Gasteiger partial charge in [0.05, 0.1) is 12.6 Å². The molecule has 6 nitrogen and oxygen atoms in total. The van der Waals surface area contributed by atoms with Crippen LogP contribution in [0.25, 0.3) is 0 Å². The second-order valence-electron chi connectivity index (χ2n) is 4.51. The Morgan fingerprint density at radius 3 is 2.89 bits per heavy atom. The number of nitrogens with two attached hydrogens (primary N) is 1. The van der Waals surface area contributed by atoms with Gasteiger partial charge in [0, 0.05) is 13.0 Å². The molecule has 102 valence electrons. The van der Waals surface area contributed by atoms with Crippen LogP contribution in [-0.2, 0) is 14.4 Å². The Bertz CT molecular complexity index is 307. The number of nitrogens with one attached hydrogen (secondary N) is 1. The molecular weight excluding hydrogens is 234 g/mol. The van der Waals surface area contributed by atoms with E-state index in [9.17, 15) is 14.4 Å². The largest absolute Gasteiger partial charge is 0.345 e. The van der Waals surface area contributed by atoms with Gasteiger partial charge >= 0.3 is 0 Å². The summed E-state index contributed by atoms with van der Waals surface area (Å²) in [6, 6.07) is -0.499. The molecule has 0 aromatic heterocycles. The molecule has 6 heteroatoms. The van der Waals surface area contributed by atoms with Crippen LogP contribution in [0.15, 0.2) is 0 Å². The minimum atomic E-state index is -0.499. The SMILES string of the molecule is NCCCC(C=O)NC(=O)CN1CCCCC1=O. The Morgan fingerprint density at radius 2 is 2.28 bits per heavy atom. The molecular formula is C12H21N3O3. The lowest BCUT2D eigenvalue weighted by atomic mass is 10.1. The summed E-state index contributed by atoms with van der Waals surface area (Å²) in [5, 5.41) is 2.61. The summed E-state index contributed by atoms with van der Waals surface area (Å²) in [4.78, 5) is 35.5. The number of likely N-dealkylation sites (tertiary alicyclic amines) is 1. The Labute approximate surface area is 107 Å². The molecule has 0 aromatic rings. The van der Waals surface area contributed by atoms with Crippen molar-refractivity contribution in [2.75, 3.05) is 19.6 Å². The number of carbonyl (C=O) groups excluding carboxylic acids is 3. The van der Waals surface area contributed by atoms with Gasteiger partial charge in [0.15, 0.2) is 0 Å². The van der Waals surface area contributed by atoms with E-state index in [4.69, 9.17) is 5.73 Å². The summed E-state index contributed by atoms with van der Waals surface area (Å²) in [6.07, 6.45) is 4.28. The number of piperidine rings is 1. The number of rotatable bonds is 7. The van der Waals surface area contributed by atoms with Crippen molar-refractivity contribution in [1.82, 2.24) is 10.2 Å². The fraction of sp³-hybridized carbons (Fsp3) is 0.750. The number of nitrogens with zero attached hydrogens (tertiary/aromatic N) is 1. The normalized spacial score (nSPS) is 17.4. The maximum Gasteiger partial charge on any atom is 0.240 e. The van der Waals surface area contributed by atoms with Gasteiger partial charge in [-0.2, -0.15) is 0 Å². The van der Waals surface area contributed by atoms with Gasteiger partial charge in [-0.15, -0.1) is 0 Å². The minimum Gasteiger partial charge on any atom is -0.345 e. The van der Waals surface area contributed by atoms with Gasteiger partial charge in [-0.25, -0.2) is 0 Å². The summed E-state index contributed by atoms with van der Waals surface area (Å²) >= 11 is 0. The zero-order chi connectivity index (χ0) is 13.4. The van der Waals surface area contributed by atoms with Crippen molar-refractivity contribution in [3.63, 3.8) is 0 Å². The van der Waals surface area contributed by atoms with Crippen LogP contribution >= 0.6 is 0 Å². The molecule has 3 N–H and O–H groups in total. The Hall–Kier alpha value is -1.43. The van der Waals surface area contributed by atoms with Gasteiger partial charge in [-0.1, -0.05) is 0 Å². The fourth-order valence-electron chi connectivity index (χ4n) is 1.97. The third kappa shape index (κ3) is 4.83. The summed E-state index contributed by atoms with van der Waals surface area (Å²) < 4.78 is 0. The van der Waals surface area contributed by atoms with Crippen molar-refractivity contribution >= 4 is 18.1 Å². The average Bonchev–Trinajstić information content (AvgIpc) is 2.37. The lowest BCUT2D eigenvalue weighted by Gasteiger charge is -2.26. The quantitative estimate of drug-likeness (QED) is 0.595. The van der Waals surface area contributed by atoms with Gasteiger partial charge in [0.1, 0.15) is 6.29 Å². The monoisotopic (exact) mass is 255 g/mol. The van der Waals surface area contributed by atoms with Gasteiger partial charge in [-0.05, 0) is 32.2 Å². The molecule has 0 spiro atoms. The summed E-state index contributed by atoms with van der Waals surface area (Å²) in [5.41, 5.74) is 5.35. The lowest BCUT2D eigenvalue weighted by molar-refractivity contribution is -0.138. The Balaban J connectivity index is 2.34. The molecule has 1 aliphatic rings. The highest BCUT2D eigenvalue weighted by Gasteiger charge is 2.21. The van der Waals surface area contributed by atoms with Crippen molar-refractivity contribution in [1.29, 1.82) is 0 Å². The first-order valence-corrected chi connectivity index (χ1v) is 6.40. The van der Waals surface area contributed by atoms with Crippen LogP contribution in [0, 0.1) is 0 Å².